The average molecular weight is 596 g/mol. The lowest BCUT2D eigenvalue weighted by Crippen LogP contribution is -2.31. The summed E-state index contributed by atoms with van der Waals surface area (Å²) >= 11 is 3.16. The normalized spacial score (nSPS) is 11.0. The third kappa shape index (κ3) is 7.32. The van der Waals surface area contributed by atoms with Crippen molar-refractivity contribution in [2.24, 2.45) is 0 Å². The number of carbonyl (C=O) groups is 2. The molecule has 1 N–H and O–H groups in total. The van der Waals surface area contributed by atoms with Crippen molar-refractivity contribution in [3.63, 3.8) is 0 Å². The summed E-state index contributed by atoms with van der Waals surface area (Å²) in [6.45, 7) is 3.69. The number of imidazole rings is 1. The molecular formula is C33H33N5O2S2. The molecule has 0 bridgehead atoms. The third-order valence-corrected chi connectivity index (χ3v) is 9.17. The van der Waals surface area contributed by atoms with Gasteiger partial charge < -0.3 is 14.8 Å². The number of unbranched alkanes of at least 4 members (excludes halogenated alkanes) is 2. The van der Waals surface area contributed by atoms with Crippen LogP contribution in [0.5, 0.6) is 0 Å². The topological polar surface area (TPSA) is 91.0 Å². The van der Waals surface area contributed by atoms with Crippen LogP contribution in [0.25, 0.3) is 10.1 Å². The van der Waals surface area contributed by atoms with Crippen LogP contribution in [0.1, 0.15) is 64.0 Å². The number of anilines is 1. The summed E-state index contributed by atoms with van der Waals surface area (Å²) in [6.07, 6.45) is 7.75. The first-order valence-electron chi connectivity index (χ1n) is 14.2. The van der Waals surface area contributed by atoms with Gasteiger partial charge in [-0.25, -0.2) is 4.98 Å². The molecule has 3 heterocycles. The van der Waals surface area contributed by atoms with Crippen LogP contribution in [-0.2, 0) is 24.3 Å². The van der Waals surface area contributed by atoms with Gasteiger partial charge in [-0.05, 0) is 71.6 Å². The van der Waals surface area contributed by atoms with E-state index in [4.69, 9.17) is 5.26 Å². The molecule has 0 spiro atoms. The maximum atomic E-state index is 13.6. The van der Waals surface area contributed by atoms with Crippen LogP contribution >= 0.6 is 22.7 Å². The molecule has 0 saturated heterocycles. The molecule has 0 aliphatic carbocycles. The van der Waals surface area contributed by atoms with E-state index in [0.717, 1.165) is 52.7 Å². The Labute approximate surface area is 254 Å². The van der Waals surface area contributed by atoms with Gasteiger partial charge in [0.15, 0.2) is 0 Å². The second-order valence-electron chi connectivity index (χ2n) is 10.2. The predicted molar refractivity (Wildman–Crippen MR) is 170 cm³/mol. The number of nitrogens with zero attached hydrogens (tertiary/aromatic N) is 4. The summed E-state index contributed by atoms with van der Waals surface area (Å²) < 4.78 is 3.04. The number of rotatable bonds is 13. The Bertz CT molecular complexity index is 1680. The van der Waals surface area contributed by atoms with Crippen LogP contribution in [0.2, 0.25) is 0 Å². The molecule has 0 aliphatic heterocycles. The molecule has 0 aliphatic rings. The number of benzene rings is 2. The van der Waals surface area contributed by atoms with Crippen LogP contribution in [0.15, 0.2) is 78.6 Å². The van der Waals surface area contributed by atoms with E-state index in [-0.39, 0.29) is 11.8 Å². The van der Waals surface area contributed by atoms with Crippen molar-refractivity contribution < 1.29 is 9.59 Å². The van der Waals surface area contributed by atoms with Crippen molar-refractivity contribution in [2.45, 2.75) is 52.1 Å². The number of carbonyl (C=O) groups excluding carboxylic acids is 2. The molecule has 0 saturated carbocycles. The van der Waals surface area contributed by atoms with Gasteiger partial charge in [-0.3, -0.25) is 9.59 Å². The number of thiophene rings is 2. The maximum Gasteiger partial charge on any atom is 0.261 e. The van der Waals surface area contributed by atoms with Crippen LogP contribution in [0.4, 0.5) is 5.69 Å². The first-order valence-corrected chi connectivity index (χ1v) is 15.9. The van der Waals surface area contributed by atoms with Crippen molar-refractivity contribution in [1.82, 2.24) is 14.9 Å². The molecule has 0 radical (unpaired) electrons. The standard InChI is InChI=1S/C33H33N5O2S2/c1-2-3-4-7-32(39)38(22-28-20-35-23-37(28)21-25-10-8-24(19-34)9-11-25)27-12-13-30-26(17-27)18-31(42-30)33(40)36-15-14-29-6-5-16-41-29/h5-6,8-13,16-18,20,23H,2-4,7,14-15,21-22H2,1H3,(H,36,40). The van der Waals surface area contributed by atoms with E-state index in [9.17, 15) is 9.59 Å². The van der Waals surface area contributed by atoms with E-state index in [2.05, 4.69) is 29.4 Å². The van der Waals surface area contributed by atoms with E-state index in [1.807, 2.05) is 69.4 Å². The number of nitriles is 1. The fraction of sp³-hybridized carbons (Fsp3) is 0.273. The lowest BCUT2D eigenvalue weighted by molar-refractivity contribution is -0.118. The van der Waals surface area contributed by atoms with Crippen LogP contribution in [0, 0.1) is 11.3 Å². The molecule has 2 amide bonds. The van der Waals surface area contributed by atoms with Crippen LogP contribution in [0.3, 0.4) is 0 Å². The van der Waals surface area contributed by atoms with E-state index >= 15 is 0 Å². The second-order valence-corrected chi connectivity index (χ2v) is 12.3. The first-order chi connectivity index (χ1) is 20.5. The van der Waals surface area contributed by atoms with Gasteiger partial charge in [0.2, 0.25) is 5.91 Å². The summed E-state index contributed by atoms with van der Waals surface area (Å²) in [4.78, 5) is 34.5. The Kier molecular flexibility index (Phi) is 9.80. The molecule has 2 aromatic carbocycles. The number of hydrogen-bond donors (Lipinski definition) is 1. The zero-order valence-electron chi connectivity index (χ0n) is 23.6. The molecule has 0 atom stereocenters. The van der Waals surface area contributed by atoms with E-state index in [1.165, 1.54) is 16.2 Å². The molecule has 5 rings (SSSR count). The van der Waals surface area contributed by atoms with E-state index in [1.54, 1.807) is 23.9 Å². The van der Waals surface area contributed by atoms with Gasteiger partial charge in [0, 0.05) is 41.0 Å². The minimum atomic E-state index is -0.0755. The van der Waals surface area contributed by atoms with Gasteiger partial charge in [0.1, 0.15) is 0 Å². The van der Waals surface area contributed by atoms with Crippen LogP contribution < -0.4 is 10.2 Å². The number of aromatic nitrogens is 2. The highest BCUT2D eigenvalue weighted by Gasteiger charge is 2.20. The Morgan fingerprint density at radius 1 is 1.10 bits per heavy atom. The largest absolute Gasteiger partial charge is 0.351 e. The highest BCUT2D eigenvalue weighted by molar-refractivity contribution is 7.20. The SMILES string of the molecule is CCCCCC(=O)N(Cc1cncn1Cc1ccc(C#N)cc1)c1ccc2sc(C(=O)NCCc3cccs3)cc2c1. The average Bonchev–Trinajstić information content (AvgIpc) is 3.77. The van der Waals surface area contributed by atoms with Crippen molar-refractivity contribution >= 4 is 50.3 Å². The number of nitrogens with one attached hydrogen (secondary N) is 1. The minimum absolute atomic E-state index is 0.0655. The Hall–Kier alpha value is -4.26. The first kappa shape index (κ1) is 29.2. The predicted octanol–water partition coefficient (Wildman–Crippen LogP) is 7.17. The van der Waals surface area contributed by atoms with Crippen molar-refractivity contribution in [2.75, 3.05) is 11.4 Å². The lowest BCUT2D eigenvalue weighted by Gasteiger charge is -2.24. The quantitative estimate of drug-likeness (QED) is 0.146. The van der Waals surface area contributed by atoms with Gasteiger partial charge in [0.25, 0.3) is 5.91 Å². The molecule has 3 aromatic heterocycles. The summed E-state index contributed by atoms with van der Waals surface area (Å²) in [5.41, 5.74) is 3.39. The van der Waals surface area contributed by atoms with Gasteiger partial charge in [-0.1, -0.05) is 38.0 Å². The molecule has 7 nitrogen and oxygen atoms in total. The molecule has 9 heteroatoms. The highest BCUT2D eigenvalue weighted by Crippen LogP contribution is 2.31. The second kappa shape index (κ2) is 14.1. The fourth-order valence-electron chi connectivity index (χ4n) is 4.80. The monoisotopic (exact) mass is 595 g/mol. The van der Waals surface area contributed by atoms with E-state index < -0.39 is 0 Å². The number of hydrogen-bond acceptors (Lipinski definition) is 6. The van der Waals surface area contributed by atoms with Gasteiger partial charge in [-0.2, -0.15) is 5.26 Å². The molecular weight excluding hydrogens is 563 g/mol. The third-order valence-electron chi connectivity index (χ3n) is 7.12. The van der Waals surface area contributed by atoms with Crippen LogP contribution in [-0.4, -0.2) is 27.9 Å². The fourth-order valence-corrected chi connectivity index (χ4v) is 6.47. The van der Waals surface area contributed by atoms with E-state index in [0.29, 0.717) is 36.5 Å². The summed E-state index contributed by atoms with van der Waals surface area (Å²) in [6, 6.07) is 21.6. The lowest BCUT2D eigenvalue weighted by atomic mass is 10.1. The van der Waals surface area contributed by atoms with Gasteiger partial charge >= 0.3 is 0 Å². The van der Waals surface area contributed by atoms with Gasteiger partial charge in [-0.15, -0.1) is 22.7 Å². The molecule has 42 heavy (non-hydrogen) atoms. The zero-order valence-corrected chi connectivity index (χ0v) is 25.2. The Morgan fingerprint density at radius 2 is 1.95 bits per heavy atom. The summed E-state index contributed by atoms with van der Waals surface area (Å²) in [5, 5.41) is 15.1. The minimum Gasteiger partial charge on any atom is -0.351 e. The Morgan fingerprint density at radius 3 is 2.71 bits per heavy atom. The molecule has 214 valence electrons. The molecule has 0 fully saturated rings. The smallest absolute Gasteiger partial charge is 0.261 e. The van der Waals surface area contributed by atoms with Crippen molar-refractivity contribution in [1.29, 1.82) is 5.26 Å². The highest BCUT2D eigenvalue weighted by atomic mass is 32.1. The zero-order chi connectivity index (χ0) is 29.3. The number of amides is 2. The van der Waals surface area contributed by atoms with Crippen molar-refractivity contribution in [3.05, 3.63) is 105 Å². The molecule has 0 unspecified atom stereocenters. The number of fused-ring (bicyclic) bond motifs is 1. The molecule has 5 aromatic rings. The summed E-state index contributed by atoms with van der Waals surface area (Å²) in [5.74, 6) is -0.01000. The Balaban J connectivity index is 1.34. The van der Waals surface area contributed by atoms with Crippen molar-refractivity contribution in [3.8, 4) is 6.07 Å². The maximum absolute atomic E-state index is 13.6. The summed E-state index contributed by atoms with van der Waals surface area (Å²) in [7, 11) is 0. The van der Waals surface area contributed by atoms with Gasteiger partial charge in [0.05, 0.1) is 35.1 Å².